The number of aromatic carboxylic acids is 1. The molecule has 4 nitrogen and oxygen atoms in total. The first-order valence-corrected chi connectivity index (χ1v) is 7.86. The highest BCUT2D eigenvalue weighted by atomic mass is 16.4. The third-order valence-corrected chi connectivity index (χ3v) is 4.55. The van der Waals surface area contributed by atoms with E-state index in [1.165, 1.54) is 6.42 Å². The van der Waals surface area contributed by atoms with Crippen LogP contribution in [0.3, 0.4) is 0 Å². The fourth-order valence-electron chi connectivity index (χ4n) is 3.33. The largest absolute Gasteiger partial charge is 0.478 e. The molecule has 0 radical (unpaired) electrons. The number of carboxylic acid groups (broad SMARTS) is 1. The lowest BCUT2D eigenvalue weighted by molar-refractivity contribution is -0.137. The molecule has 0 aliphatic heterocycles. The number of hydrogen-bond acceptors (Lipinski definition) is 2. The van der Waals surface area contributed by atoms with Gasteiger partial charge in [0.25, 0.3) is 0 Å². The molecule has 1 atom stereocenters. The quantitative estimate of drug-likeness (QED) is 0.925. The fraction of sp³-hybridized carbons (Fsp3) is 0.556. The summed E-state index contributed by atoms with van der Waals surface area (Å²) in [7, 11) is 1.83. The minimum atomic E-state index is -0.930. The minimum Gasteiger partial charge on any atom is -0.478 e. The zero-order valence-corrected chi connectivity index (χ0v) is 13.6. The maximum atomic E-state index is 12.6. The monoisotopic (exact) mass is 303 g/mol. The summed E-state index contributed by atoms with van der Waals surface area (Å²) in [5.74, 6) is -0.609. The lowest BCUT2D eigenvalue weighted by Gasteiger charge is -2.36. The normalized spacial score (nSPS) is 20.4. The van der Waals surface area contributed by atoms with Crippen molar-refractivity contribution in [3.8, 4) is 0 Å². The van der Waals surface area contributed by atoms with Crippen LogP contribution in [0, 0.1) is 11.3 Å². The molecule has 1 unspecified atom stereocenters. The van der Waals surface area contributed by atoms with Crippen LogP contribution in [-0.2, 0) is 11.3 Å². The molecule has 4 heteroatoms. The van der Waals surface area contributed by atoms with Gasteiger partial charge >= 0.3 is 5.97 Å². The van der Waals surface area contributed by atoms with Crippen molar-refractivity contribution in [2.45, 2.75) is 46.1 Å². The zero-order chi connectivity index (χ0) is 16.3. The van der Waals surface area contributed by atoms with Crippen molar-refractivity contribution in [1.82, 2.24) is 4.90 Å². The molecule has 120 valence electrons. The summed E-state index contributed by atoms with van der Waals surface area (Å²) < 4.78 is 0. The molecule has 1 aliphatic rings. The summed E-state index contributed by atoms with van der Waals surface area (Å²) in [6.07, 6.45) is 4.24. The molecule has 0 saturated heterocycles. The number of carbonyl (C=O) groups excluding carboxylic acids is 1. The molecule has 22 heavy (non-hydrogen) atoms. The van der Waals surface area contributed by atoms with E-state index in [0.29, 0.717) is 6.54 Å². The van der Waals surface area contributed by atoms with Crippen LogP contribution in [0.25, 0.3) is 0 Å². The second-order valence-electron chi connectivity index (χ2n) is 7.15. The van der Waals surface area contributed by atoms with Gasteiger partial charge in [-0.05, 0) is 42.4 Å². The topological polar surface area (TPSA) is 57.6 Å². The summed E-state index contributed by atoms with van der Waals surface area (Å²) in [4.78, 5) is 25.2. The Morgan fingerprint density at radius 3 is 2.45 bits per heavy atom. The van der Waals surface area contributed by atoms with E-state index >= 15 is 0 Å². The molecule has 0 aromatic heterocycles. The SMILES string of the molecule is CN(Cc1ccc(C(=O)O)cc1)C(=O)C1CCCC(C)(C)C1. The van der Waals surface area contributed by atoms with Gasteiger partial charge in [0.15, 0.2) is 0 Å². The molecule has 1 aliphatic carbocycles. The molecular formula is C18H25NO3. The lowest BCUT2D eigenvalue weighted by atomic mass is 9.72. The van der Waals surface area contributed by atoms with Gasteiger partial charge in [0, 0.05) is 19.5 Å². The van der Waals surface area contributed by atoms with Gasteiger partial charge in [0.1, 0.15) is 0 Å². The average Bonchev–Trinajstić information content (AvgIpc) is 2.46. The van der Waals surface area contributed by atoms with Crippen molar-refractivity contribution in [2.75, 3.05) is 7.05 Å². The van der Waals surface area contributed by atoms with Crippen LogP contribution in [0.1, 0.15) is 55.5 Å². The highest BCUT2D eigenvalue weighted by Crippen LogP contribution is 2.39. The second-order valence-corrected chi connectivity index (χ2v) is 7.15. The standard InChI is InChI=1S/C18H25NO3/c1-18(2)10-4-5-15(11-18)16(20)19(3)12-13-6-8-14(9-7-13)17(21)22/h6-9,15H,4-5,10-12H2,1-3H3,(H,21,22). The van der Waals surface area contributed by atoms with E-state index < -0.39 is 5.97 Å². The predicted molar refractivity (Wildman–Crippen MR) is 85.6 cm³/mol. The number of hydrogen-bond donors (Lipinski definition) is 1. The Bertz CT molecular complexity index is 548. The first-order chi connectivity index (χ1) is 10.3. The maximum Gasteiger partial charge on any atom is 0.335 e. The predicted octanol–water partition coefficient (Wildman–Crippen LogP) is 3.56. The van der Waals surface area contributed by atoms with E-state index in [4.69, 9.17) is 5.11 Å². The van der Waals surface area contributed by atoms with Gasteiger partial charge in [-0.1, -0.05) is 32.4 Å². The third-order valence-electron chi connectivity index (χ3n) is 4.55. The van der Waals surface area contributed by atoms with Crippen molar-refractivity contribution in [2.24, 2.45) is 11.3 Å². The van der Waals surface area contributed by atoms with Gasteiger partial charge in [-0.3, -0.25) is 4.79 Å². The Balaban J connectivity index is 1.97. The first-order valence-electron chi connectivity index (χ1n) is 7.86. The van der Waals surface area contributed by atoms with Crippen LogP contribution in [0.5, 0.6) is 0 Å². The Kier molecular flexibility index (Phi) is 4.89. The zero-order valence-electron chi connectivity index (χ0n) is 13.6. The first kappa shape index (κ1) is 16.5. The van der Waals surface area contributed by atoms with E-state index in [1.54, 1.807) is 29.2 Å². The Hall–Kier alpha value is -1.84. The molecular weight excluding hydrogens is 278 g/mol. The van der Waals surface area contributed by atoms with Crippen LogP contribution in [-0.4, -0.2) is 28.9 Å². The van der Waals surface area contributed by atoms with Crippen LogP contribution < -0.4 is 0 Å². The van der Waals surface area contributed by atoms with Crippen LogP contribution in [0.2, 0.25) is 0 Å². The molecule has 1 N–H and O–H groups in total. The molecule has 1 fully saturated rings. The molecule has 0 bridgehead atoms. The summed E-state index contributed by atoms with van der Waals surface area (Å²) in [6, 6.07) is 6.72. The Labute approximate surface area is 132 Å². The van der Waals surface area contributed by atoms with E-state index in [0.717, 1.165) is 24.8 Å². The number of nitrogens with zero attached hydrogens (tertiary/aromatic N) is 1. The van der Waals surface area contributed by atoms with Gasteiger partial charge in [-0.2, -0.15) is 0 Å². The van der Waals surface area contributed by atoms with Gasteiger partial charge < -0.3 is 10.0 Å². The number of benzene rings is 1. The van der Waals surface area contributed by atoms with E-state index in [-0.39, 0.29) is 22.8 Å². The summed E-state index contributed by atoms with van der Waals surface area (Å²) in [5.41, 5.74) is 1.48. The van der Waals surface area contributed by atoms with Crippen molar-refractivity contribution in [3.05, 3.63) is 35.4 Å². The molecule has 1 aromatic carbocycles. The second kappa shape index (κ2) is 6.51. The third kappa shape index (κ3) is 4.09. The molecule has 1 saturated carbocycles. The van der Waals surface area contributed by atoms with E-state index in [1.807, 2.05) is 7.05 Å². The number of carboxylic acids is 1. The number of amides is 1. The summed E-state index contributed by atoms with van der Waals surface area (Å²) in [6.45, 7) is 4.99. The summed E-state index contributed by atoms with van der Waals surface area (Å²) >= 11 is 0. The van der Waals surface area contributed by atoms with Crippen molar-refractivity contribution >= 4 is 11.9 Å². The Morgan fingerprint density at radius 1 is 1.27 bits per heavy atom. The fourth-order valence-corrected chi connectivity index (χ4v) is 3.33. The smallest absolute Gasteiger partial charge is 0.335 e. The van der Waals surface area contributed by atoms with Crippen molar-refractivity contribution in [1.29, 1.82) is 0 Å². The van der Waals surface area contributed by atoms with E-state index in [2.05, 4.69) is 13.8 Å². The van der Waals surface area contributed by atoms with Crippen LogP contribution in [0.15, 0.2) is 24.3 Å². The Morgan fingerprint density at radius 2 is 1.91 bits per heavy atom. The summed E-state index contributed by atoms with van der Waals surface area (Å²) in [5, 5.41) is 8.90. The molecule has 0 heterocycles. The molecule has 1 aromatic rings. The lowest BCUT2D eigenvalue weighted by Crippen LogP contribution is -2.37. The molecule has 0 spiro atoms. The van der Waals surface area contributed by atoms with Gasteiger partial charge in [-0.15, -0.1) is 0 Å². The minimum absolute atomic E-state index is 0.118. The van der Waals surface area contributed by atoms with Gasteiger partial charge in [0.2, 0.25) is 5.91 Å². The highest BCUT2D eigenvalue weighted by Gasteiger charge is 2.33. The van der Waals surface area contributed by atoms with Crippen LogP contribution in [0.4, 0.5) is 0 Å². The van der Waals surface area contributed by atoms with Crippen LogP contribution >= 0.6 is 0 Å². The van der Waals surface area contributed by atoms with Crippen molar-refractivity contribution < 1.29 is 14.7 Å². The van der Waals surface area contributed by atoms with Gasteiger partial charge in [-0.25, -0.2) is 4.79 Å². The maximum absolute atomic E-state index is 12.6. The average molecular weight is 303 g/mol. The van der Waals surface area contributed by atoms with Crippen molar-refractivity contribution in [3.63, 3.8) is 0 Å². The van der Waals surface area contributed by atoms with E-state index in [9.17, 15) is 9.59 Å². The number of rotatable bonds is 4. The molecule has 1 amide bonds. The number of carbonyl (C=O) groups is 2. The highest BCUT2D eigenvalue weighted by molar-refractivity contribution is 5.87. The van der Waals surface area contributed by atoms with Gasteiger partial charge in [0.05, 0.1) is 5.56 Å². The molecule has 2 rings (SSSR count).